The van der Waals surface area contributed by atoms with Crippen molar-refractivity contribution in [3.63, 3.8) is 0 Å². The first-order valence-corrected chi connectivity index (χ1v) is 12.4. The van der Waals surface area contributed by atoms with Gasteiger partial charge in [0.1, 0.15) is 17.6 Å². The number of alkyl carbamates (subject to hydrolysis) is 1. The van der Waals surface area contributed by atoms with Crippen LogP contribution in [0.5, 0.6) is 0 Å². The molecule has 39 heavy (non-hydrogen) atoms. The summed E-state index contributed by atoms with van der Waals surface area (Å²) in [4.78, 5) is 39.2. The largest absolute Gasteiger partial charge is 0.455 e. The second kappa shape index (κ2) is 12.1. The van der Waals surface area contributed by atoms with Crippen molar-refractivity contribution in [2.45, 2.75) is 33.2 Å². The Labute approximate surface area is 224 Å². The van der Waals surface area contributed by atoms with E-state index in [4.69, 9.17) is 9.15 Å². The smallest absolute Gasteiger partial charge is 0.407 e. The van der Waals surface area contributed by atoms with Gasteiger partial charge in [-0.1, -0.05) is 38.1 Å². The van der Waals surface area contributed by atoms with Crippen molar-refractivity contribution >= 4 is 34.8 Å². The molecule has 1 atom stereocenters. The van der Waals surface area contributed by atoms with Crippen LogP contribution < -0.4 is 10.7 Å². The van der Waals surface area contributed by atoms with E-state index in [9.17, 15) is 19.7 Å². The van der Waals surface area contributed by atoms with E-state index < -0.39 is 23.0 Å². The van der Waals surface area contributed by atoms with Crippen LogP contribution in [-0.4, -0.2) is 40.8 Å². The third-order valence-electron chi connectivity index (χ3n) is 5.95. The maximum Gasteiger partial charge on any atom is 0.407 e. The maximum absolute atomic E-state index is 13.0. The van der Waals surface area contributed by atoms with E-state index in [0.29, 0.717) is 17.1 Å². The summed E-state index contributed by atoms with van der Waals surface area (Å²) in [6.07, 6.45) is 2.62. The Morgan fingerprint density at radius 1 is 1.18 bits per heavy atom. The number of para-hydroxylation sites is 1. The molecule has 4 aromatic rings. The minimum absolute atomic E-state index is 0.0462. The number of carbonyl (C=O) groups excluding carboxylic acids is 2. The summed E-state index contributed by atoms with van der Waals surface area (Å²) < 4.78 is 11.0. The molecule has 0 saturated carbocycles. The van der Waals surface area contributed by atoms with E-state index in [0.717, 1.165) is 22.0 Å². The number of nitro benzene ring substituents is 1. The van der Waals surface area contributed by atoms with Gasteiger partial charge in [-0.2, -0.15) is 5.10 Å². The zero-order valence-corrected chi connectivity index (χ0v) is 21.8. The highest BCUT2D eigenvalue weighted by atomic mass is 16.6. The number of H-pyrrole nitrogens is 1. The molecule has 202 valence electrons. The molecule has 0 aliphatic carbocycles. The molecule has 0 saturated heterocycles. The highest BCUT2D eigenvalue weighted by molar-refractivity contribution is 5.89. The summed E-state index contributed by atoms with van der Waals surface area (Å²) >= 11 is 0. The summed E-state index contributed by atoms with van der Waals surface area (Å²) in [5.41, 5.74) is 5.55. The van der Waals surface area contributed by atoms with Gasteiger partial charge in [-0.25, -0.2) is 10.2 Å². The summed E-state index contributed by atoms with van der Waals surface area (Å²) in [5.74, 6) is 0.356. The van der Waals surface area contributed by atoms with Crippen molar-refractivity contribution in [3.05, 3.63) is 87.8 Å². The monoisotopic (exact) mass is 531 g/mol. The number of carbonyl (C=O) groups is 2. The number of nitrogens with zero attached hydrogens (tertiary/aromatic N) is 2. The molecule has 2 amide bonds. The lowest BCUT2D eigenvalue weighted by Gasteiger charge is -2.17. The molecule has 0 aliphatic heterocycles. The Kier molecular flexibility index (Phi) is 8.40. The lowest BCUT2D eigenvalue weighted by molar-refractivity contribution is -0.384. The van der Waals surface area contributed by atoms with Crippen LogP contribution in [0.25, 0.3) is 22.2 Å². The van der Waals surface area contributed by atoms with Gasteiger partial charge in [0.2, 0.25) is 0 Å². The number of amides is 2. The van der Waals surface area contributed by atoms with Crippen molar-refractivity contribution in [3.8, 4) is 11.3 Å². The molecule has 0 bridgehead atoms. The number of hydrazone groups is 1. The lowest BCUT2D eigenvalue weighted by Crippen LogP contribution is -2.47. The number of ether oxygens (including phenoxy) is 1. The van der Waals surface area contributed by atoms with Gasteiger partial charge in [0.25, 0.3) is 11.6 Å². The van der Waals surface area contributed by atoms with Crippen LogP contribution >= 0.6 is 0 Å². The molecule has 0 fully saturated rings. The predicted molar refractivity (Wildman–Crippen MR) is 146 cm³/mol. The first kappa shape index (κ1) is 27.1. The van der Waals surface area contributed by atoms with Gasteiger partial charge in [-0.15, -0.1) is 0 Å². The van der Waals surface area contributed by atoms with Crippen molar-refractivity contribution < 1.29 is 23.7 Å². The third kappa shape index (κ3) is 6.89. The number of aryl methyl sites for hydroxylation is 1. The minimum atomic E-state index is -0.958. The fourth-order valence-corrected chi connectivity index (χ4v) is 3.95. The Hall–Kier alpha value is -4.93. The van der Waals surface area contributed by atoms with Gasteiger partial charge in [-0.3, -0.25) is 14.9 Å². The average molecular weight is 532 g/mol. The number of aromatic amines is 1. The molecule has 0 unspecified atom stereocenters. The SMILES string of the molecule is Cc1ccc([N+](=O)[O-])cc1-c1ccc(/C=N\NC(=O)[C@@H](Cc2c[nH]c3ccccc23)NC(=O)OCC(C)C)o1. The summed E-state index contributed by atoms with van der Waals surface area (Å²) in [7, 11) is 0. The van der Waals surface area contributed by atoms with Gasteiger partial charge in [0.15, 0.2) is 0 Å². The van der Waals surface area contributed by atoms with E-state index in [1.807, 2.05) is 45.0 Å². The average Bonchev–Trinajstić information content (AvgIpc) is 3.54. The number of fused-ring (bicyclic) bond motifs is 1. The predicted octanol–water partition coefficient (Wildman–Crippen LogP) is 5.09. The van der Waals surface area contributed by atoms with E-state index in [2.05, 4.69) is 20.8 Å². The number of nitrogens with one attached hydrogen (secondary N) is 3. The molecule has 2 heterocycles. The van der Waals surface area contributed by atoms with Crippen LogP contribution in [0, 0.1) is 23.0 Å². The number of hydrogen-bond acceptors (Lipinski definition) is 7. The van der Waals surface area contributed by atoms with E-state index in [1.54, 1.807) is 24.4 Å². The Morgan fingerprint density at radius 3 is 2.74 bits per heavy atom. The Morgan fingerprint density at radius 2 is 1.97 bits per heavy atom. The second-order valence-corrected chi connectivity index (χ2v) is 9.45. The molecule has 0 aliphatic rings. The molecular weight excluding hydrogens is 502 g/mol. The number of non-ortho nitro benzene ring substituents is 1. The normalized spacial score (nSPS) is 12.1. The molecular formula is C28H29N5O6. The first-order chi connectivity index (χ1) is 18.7. The Balaban J connectivity index is 1.46. The standard InChI is InChI=1S/C28H29N5O6/c1-17(2)16-38-28(35)31-25(12-19-14-29-24-7-5-4-6-22(19)24)27(34)32-30-15-21-10-11-26(39-21)23-13-20(33(36)37)9-8-18(23)3/h4-11,13-15,17,25,29H,12,16H2,1-3H3,(H,31,35)(H,32,34)/b30-15-/t25-/m1/s1. The first-order valence-electron chi connectivity index (χ1n) is 12.4. The van der Waals surface area contributed by atoms with E-state index in [-0.39, 0.29) is 24.6 Å². The molecule has 2 aromatic carbocycles. The van der Waals surface area contributed by atoms with Gasteiger partial charge in [-0.05, 0) is 42.2 Å². The van der Waals surface area contributed by atoms with Crippen molar-refractivity contribution in [1.82, 2.24) is 15.7 Å². The fourth-order valence-electron chi connectivity index (χ4n) is 3.95. The topological polar surface area (TPSA) is 152 Å². The molecule has 4 rings (SSSR count). The summed E-state index contributed by atoms with van der Waals surface area (Å²) in [6.45, 7) is 5.87. The van der Waals surface area contributed by atoms with Gasteiger partial charge in [0.05, 0.1) is 17.7 Å². The van der Waals surface area contributed by atoms with Crippen LogP contribution in [0.4, 0.5) is 10.5 Å². The van der Waals surface area contributed by atoms with Gasteiger partial charge < -0.3 is 19.5 Å². The number of nitro groups is 1. The highest BCUT2D eigenvalue weighted by Crippen LogP contribution is 2.29. The van der Waals surface area contributed by atoms with E-state index in [1.165, 1.54) is 18.3 Å². The zero-order chi connectivity index (χ0) is 27.9. The lowest BCUT2D eigenvalue weighted by atomic mass is 10.0. The second-order valence-electron chi connectivity index (χ2n) is 9.45. The third-order valence-corrected chi connectivity index (χ3v) is 5.95. The molecule has 11 heteroatoms. The summed E-state index contributed by atoms with van der Waals surface area (Å²) in [5, 5.41) is 18.7. The number of benzene rings is 2. The summed E-state index contributed by atoms with van der Waals surface area (Å²) in [6, 6.07) is 14.5. The van der Waals surface area contributed by atoms with Crippen LogP contribution in [0.2, 0.25) is 0 Å². The van der Waals surface area contributed by atoms with Crippen LogP contribution in [-0.2, 0) is 16.0 Å². The van der Waals surface area contributed by atoms with E-state index >= 15 is 0 Å². The van der Waals surface area contributed by atoms with Gasteiger partial charge >= 0.3 is 6.09 Å². The zero-order valence-electron chi connectivity index (χ0n) is 21.8. The molecule has 0 radical (unpaired) electrons. The minimum Gasteiger partial charge on any atom is -0.455 e. The number of hydrogen-bond donors (Lipinski definition) is 3. The highest BCUT2D eigenvalue weighted by Gasteiger charge is 2.23. The van der Waals surface area contributed by atoms with Crippen LogP contribution in [0.3, 0.4) is 0 Å². The molecule has 2 aromatic heterocycles. The van der Waals surface area contributed by atoms with Crippen molar-refractivity contribution in [2.75, 3.05) is 6.61 Å². The molecule has 3 N–H and O–H groups in total. The number of furan rings is 1. The molecule has 0 spiro atoms. The van der Waals surface area contributed by atoms with Crippen molar-refractivity contribution in [1.29, 1.82) is 0 Å². The number of aromatic nitrogens is 1. The Bertz CT molecular complexity index is 1520. The maximum atomic E-state index is 13.0. The molecule has 11 nitrogen and oxygen atoms in total. The van der Waals surface area contributed by atoms with Crippen LogP contribution in [0.15, 0.2) is 70.3 Å². The van der Waals surface area contributed by atoms with Crippen LogP contribution in [0.1, 0.15) is 30.7 Å². The number of rotatable bonds is 10. The van der Waals surface area contributed by atoms with Crippen molar-refractivity contribution in [2.24, 2.45) is 11.0 Å². The quantitative estimate of drug-likeness (QED) is 0.147. The van der Waals surface area contributed by atoms with Gasteiger partial charge in [0, 0.05) is 41.2 Å². The fraction of sp³-hybridized carbons (Fsp3) is 0.250.